The molecule has 0 radical (unpaired) electrons. The van der Waals surface area contributed by atoms with Crippen molar-refractivity contribution in [1.82, 2.24) is 0 Å². The van der Waals surface area contributed by atoms with Gasteiger partial charge in [0.25, 0.3) is 0 Å². The molecular weight excluding hydrogens is 186 g/mol. The fourth-order valence-corrected chi connectivity index (χ4v) is 0. The van der Waals surface area contributed by atoms with Crippen molar-refractivity contribution < 1.29 is 55.6 Å². The number of hydrogen-bond acceptors (Lipinski definition) is 0. The van der Waals surface area contributed by atoms with Crippen LogP contribution in [0.2, 0.25) is 0 Å². The minimum atomic E-state index is 0. The molecule has 4 heteroatoms. The van der Waals surface area contributed by atoms with Gasteiger partial charge < -0.3 is 0 Å². The average Bonchev–Trinajstić information content (AvgIpc) is 0. The summed E-state index contributed by atoms with van der Waals surface area (Å²) in [5.41, 5.74) is 0. The Morgan fingerprint density at radius 2 is 1.00 bits per heavy atom. The molecule has 0 spiro atoms. The molecule has 0 bridgehead atoms. The van der Waals surface area contributed by atoms with Gasteiger partial charge in [-0.15, -0.1) is 0 Å². The smallest absolute Gasteiger partial charge is 0 e. The van der Waals surface area contributed by atoms with E-state index in [0.717, 1.165) is 0 Å². The van der Waals surface area contributed by atoms with Crippen molar-refractivity contribution in [2.24, 2.45) is 0 Å². The molecule has 0 N–H and O–H groups in total. The zero-order valence-corrected chi connectivity index (χ0v) is 5.05. The Kier molecular flexibility index (Phi) is 157. The SMILES string of the molecule is [AlH3].[Cr].[Ni].[Ti]. The van der Waals surface area contributed by atoms with E-state index in [1.54, 1.807) is 0 Å². The average molecular weight is 189 g/mol. The van der Waals surface area contributed by atoms with Crippen molar-refractivity contribution in [2.75, 3.05) is 0 Å². The van der Waals surface area contributed by atoms with E-state index < -0.39 is 0 Å². The quantitative estimate of drug-likeness (QED) is 0.420. The molecule has 0 saturated carbocycles. The van der Waals surface area contributed by atoms with Gasteiger partial charge in [0.15, 0.2) is 17.4 Å². The van der Waals surface area contributed by atoms with Crippen LogP contribution in [0.3, 0.4) is 0 Å². The van der Waals surface area contributed by atoms with Crippen LogP contribution < -0.4 is 0 Å². The molecule has 0 nitrogen and oxygen atoms in total. The van der Waals surface area contributed by atoms with Crippen molar-refractivity contribution in [3.8, 4) is 0 Å². The molecule has 0 aliphatic heterocycles. The van der Waals surface area contributed by atoms with Crippen LogP contribution in [0.5, 0.6) is 0 Å². The van der Waals surface area contributed by atoms with E-state index in [1.807, 2.05) is 0 Å². The molecule has 0 aliphatic rings. The van der Waals surface area contributed by atoms with Crippen LogP contribution in [0.25, 0.3) is 0 Å². The molecule has 0 aliphatic carbocycles. The van der Waals surface area contributed by atoms with Gasteiger partial charge in [-0.1, -0.05) is 0 Å². The van der Waals surface area contributed by atoms with Gasteiger partial charge in [-0.25, -0.2) is 0 Å². The van der Waals surface area contributed by atoms with E-state index in [0.29, 0.717) is 0 Å². The molecule has 0 atom stereocenters. The van der Waals surface area contributed by atoms with Crippen molar-refractivity contribution in [3.05, 3.63) is 0 Å². The maximum atomic E-state index is 0. The second-order valence-corrected chi connectivity index (χ2v) is 0. The molecule has 26 valence electrons. The van der Waals surface area contributed by atoms with Crippen LogP contribution in [-0.2, 0) is 55.6 Å². The molecule has 0 amide bonds. The van der Waals surface area contributed by atoms with Crippen LogP contribution in [0.15, 0.2) is 0 Å². The molecular formula is H3AlCrNiTi. The Balaban J connectivity index is 0. The van der Waals surface area contributed by atoms with E-state index in [4.69, 9.17) is 0 Å². The topological polar surface area (TPSA) is 0 Å². The minimum absolute atomic E-state index is 0. The van der Waals surface area contributed by atoms with Crippen LogP contribution >= 0.6 is 0 Å². The van der Waals surface area contributed by atoms with E-state index in [2.05, 4.69) is 0 Å². The van der Waals surface area contributed by atoms with Crippen LogP contribution in [0.4, 0.5) is 0 Å². The Hall–Kier alpha value is 2.27. The maximum absolute atomic E-state index is 0. The Morgan fingerprint density at radius 1 is 1.00 bits per heavy atom. The van der Waals surface area contributed by atoms with E-state index in [-0.39, 0.29) is 72.9 Å². The van der Waals surface area contributed by atoms with Crippen LogP contribution in [0.1, 0.15) is 0 Å². The first-order valence-corrected chi connectivity index (χ1v) is 0. The summed E-state index contributed by atoms with van der Waals surface area (Å²) in [4.78, 5) is 0. The van der Waals surface area contributed by atoms with Crippen LogP contribution in [-0.4, -0.2) is 17.4 Å². The van der Waals surface area contributed by atoms with E-state index in [1.165, 1.54) is 0 Å². The largest absolute Gasteiger partial charge is 0.187 e. The van der Waals surface area contributed by atoms with Crippen molar-refractivity contribution in [3.63, 3.8) is 0 Å². The summed E-state index contributed by atoms with van der Waals surface area (Å²) in [6.45, 7) is 0. The number of hydrogen-bond donors (Lipinski definition) is 0. The summed E-state index contributed by atoms with van der Waals surface area (Å²) in [7, 11) is 0. The zero-order chi connectivity index (χ0) is 0. The fourth-order valence-electron chi connectivity index (χ4n) is 0. The van der Waals surface area contributed by atoms with E-state index >= 15 is 0 Å². The third kappa shape index (κ3) is 8.86. The summed E-state index contributed by atoms with van der Waals surface area (Å²) in [5, 5.41) is 0. The molecule has 0 aromatic rings. The van der Waals surface area contributed by atoms with Gasteiger partial charge in [-0.3, -0.25) is 0 Å². The van der Waals surface area contributed by atoms with Crippen molar-refractivity contribution >= 4 is 17.4 Å². The molecule has 0 unspecified atom stereocenters. The van der Waals surface area contributed by atoms with Gasteiger partial charge >= 0.3 is 0 Å². The minimum Gasteiger partial charge on any atom is 0 e. The first kappa shape index (κ1) is 33.8. The van der Waals surface area contributed by atoms with Gasteiger partial charge in [0.1, 0.15) is 0 Å². The Bertz CT molecular complexity index is 8.00. The zero-order valence-electron chi connectivity index (χ0n) is 1.22. The third-order valence-corrected chi connectivity index (χ3v) is 0. The molecule has 0 aromatic heterocycles. The fraction of sp³-hybridized carbons (Fsp3) is 0. The Labute approximate surface area is 72.2 Å². The summed E-state index contributed by atoms with van der Waals surface area (Å²) in [5.74, 6) is 0. The maximum Gasteiger partial charge on any atom is 0.187 e. The molecule has 0 fully saturated rings. The monoisotopic (exact) mass is 188 g/mol. The Morgan fingerprint density at radius 3 is 1.00 bits per heavy atom. The van der Waals surface area contributed by atoms with Gasteiger partial charge in [-0.05, 0) is 0 Å². The first-order chi connectivity index (χ1) is 0. The molecule has 0 aromatic carbocycles. The van der Waals surface area contributed by atoms with E-state index in [9.17, 15) is 0 Å². The molecule has 0 heterocycles. The van der Waals surface area contributed by atoms with Gasteiger partial charge in [-0.2, -0.15) is 0 Å². The number of rotatable bonds is 0. The van der Waals surface area contributed by atoms with Crippen molar-refractivity contribution in [2.45, 2.75) is 0 Å². The molecule has 0 saturated heterocycles. The standard InChI is InChI=1S/Al.Cr.Ni.Ti.3H. The molecule has 4 heavy (non-hydrogen) atoms. The van der Waals surface area contributed by atoms with Crippen molar-refractivity contribution in [1.29, 1.82) is 0 Å². The summed E-state index contributed by atoms with van der Waals surface area (Å²) >= 11 is 0. The second kappa shape index (κ2) is 18.6. The summed E-state index contributed by atoms with van der Waals surface area (Å²) < 4.78 is 0. The molecule has 0 rings (SSSR count). The summed E-state index contributed by atoms with van der Waals surface area (Å²) in [6.07, 6.45) is 0. The van der Waals surface area contributed by atoms with Crippen LogP contribution in [0, 0.1) is 0 Å². The first-order valence-electron chi connectivity index (χ1n) is 0. The second-order valence-electron chi connectivity index (χ2n) is 0. The third-order valence-electron chi connectivity index (χ3n) is 0. The summed E-state index contributed by atoms with van der Waals surface area (Å²) in [6, 6.07) is 0. The normalized spacial score (nSPS) is 0. The predicted octanol–water partition coefficient (Wildman–Crippen LogP) is -1.19. The van der Waals surface area contributed by atoms with Gasteiger partial charge in [0, 0.05) is 55.6 Å². The van der Waals surface area contributed by atoms with Gasteiger partial charge in [0.05, 0.1) is 0 Å². The van der Waals surface area contributed by atoms with Gasteiger partial charge in [0.2, 0.25) is 0 Å². The predicted molar refractivity (Wildman–Crippen MR) is 9.94 cm³/mol.